The molecule has 2 N–H and O–H groups in total. The van der Waals surface area contributed by atoms with Crippen LogP contribution >= 0.6 is 45.2 Å². The van der Waals surface area contributed by atoms with E-state index in [1.165, 1.54) is 9.37 Å². The molecular formula is C17H22I2N4OPt. The number of carbonyl (C=O) groups excluding carboxylic acids is 1. The Morgan fingerprint density at radius 2 is 2.00 bits per heavy atom. The monoisotopic (exact) mass is 747 g/mol. The molecular weight excluding hydrogens is 725 g/mol. The van der Waals surface area contributed by atoms with E-state index in [-0.39, 0.29) is 6.03 Å². The van der Waals surface area contributed by atoms with E-state index in [1.807, 2.05) is 6.07 Å². The number of carbonyl (C=O) groups is 1. The van der Waals surface area contributed by atoms with Crippen molar-refractivity contribution in [3.05, 3.63) is 52.1 Å². The van der Waals surface area contributed by atoms with Crippen LogP contribution < -0.4 is 5.73 Å². The molecule has 2 aromatic rings. The molecule has 0 bridgehead atoms. The first-order valence-corrected chi connectivity index (χ1v) is 11.6. The first kappa shape index (κ1) is 21.2. The average molecular weight is 747 g/mol. The fourth-order valence-electron chi connectivity index (χ4n) is 2.72. The van der Waals surface area contributed by atoms with Gasteiger partial charge in [-0.15, -0.1) is 0 Å². The smallest absolute Gasteiger partial charge is 0.315 e. The topological polar surface area (TPSA) is 56.2 Å². The number of hydrogen-bond acceptors (Lipinski definition) is 1. The van der Waals surface area contributed by atoms with E-state index >= 15 is 0 Å². The molecule has 1 fully saturated rings. The number of likely N-dealkylation sites (tertiary alicyclic amines) is 1. The molecule has 1 aromatic heterocycles. The second-order valence-corrected chi connectivity index (χ2v) is 11.9. The van der Waals surface area contributed by atoms with Gasteiger partial charge in [-0.3, -0.25) is 0 Å². The van der Waals surface area contributed by atoms with E-state index in [0.29, 0.717) is 7.97 Å². The minimum absolute atomic E-state index is 0.272. The van der Waals surface area contributed by atoms with Crippen LogP contribution in [0.15, 0.2) is 42.7 Å². The third-order valence-electron chi connectivity index (χ3n) is 4.03. The summed E-state index contributed by atoms with van der Waals surface area (Å²) >= 11 is 7.00. The van der Waals surface area contributed by atoms with Crippen molar-refractivity contribution < 1.29 is 24.1 Å². The van der Waals surface area contributed by atoms with Gasteiger partial charge >= 0.3 is 100 Å². The molecule has 2 heterocycles. The maximum Gasteiger partial charge on any atom is 0.315 e. The van der Waals surface area contributed by atoms with Crippen molar-refractivity contribution >= 4 is 51.2 Å². The largest absolute Gasteiger partial charge is 0.351 e. The van der Waals surface area contributed by atoms with Crippen molar-refractivity contribution in [3.8, 4) is 0 Å². The van der Waals surface area contributed by atoms with Gasteiger partial charge in [0.25, 0.3) is 0 Å². The van der Waals surface area contributed by atoms with E-state index in [9.17, 15) is 4.79 Å². The molecule has 5 nitrogen and oxygen atoms in total. The molecule has 0 spiro atoms. The summed E-state index contributed by atoms with van der Waals surface area (Å²) in [6.45, 7) is 1.78. The number of amides is 2. The first-order chi connectivity index (χ1) is 11.9. The Bertz CT molecular complexity index is 745. The number of imidazole rings is 1. The van der Waals surface area contributed by atoms with Crippen LogP contribution in [0, 0.1) is 3.80 Å². The number of urea groups is 1. The molecule has 1 aliphatic heterocycles. The predicted octanol–water partition coefficient (Wildman–Crippen LogP) is 3.68. The molecule has 0 unspecified atom stereocenters. The van der Waals surface area contributed by atoms with Crippen molar-refractivity contribution in [2.24, 2.45) is 12.8 Å². The summed E-state index contributed by atoms with van der Waals surface area (Å²) in [5, 5.41) is 0. The van der Waals surface area contributed by atoms with E-state index < -0.39 is 0 Å². The van der Waals surface area contributed by atoms with Gasteiger partial charge in [0, 0.05) is 6.54 Å². The maximum atomic E-state index is 10.9. The van der Waals surface area contributed by atoms with Gasteiger partial charge in [0.2, 0.25) is 0 Å². The van der Waals surface area contributed by atoms with E-state index in [2.05, 4.69) is 117 Å². The first-order valence-electron chi connectivity index (χ1n) is 7.95. The van der Waals surface area contributed by atoms with Crippen LogP contribution in [0.1, 0.15) is 18.4 Å². The Balaban J connectivity index is 0.000000186. The standard InChI is InChI=1S/C11H12N2.C6H10I2N2O.Pt/c1-12-7-8-13(10-12)9-11-5-3-2-4-6-11;7-5(8)4-2-1-3-10(4)6(9)11;/h2-8H,9H2,1H3;4-5H,1-3H2,(H2,9,11);/t;4-;/m.0./s1. The molecule has 1 aliphatic rings. The number of benzene rings is 1. The number of aromatic nitrogens is 2. The zero-order valence-electron chi connectivity index (χ0n) is 13.9. The average Bonchev–Trinajstić information content (AvgIpc) is 3.19. The summed E-state index contributed by atoms with van der Waals surface area (Å²) in [5.74, 6) is 0. The fourth-order valence-corrected chi connectivity index (χ4v) is 4.73. The molecule has 8 heteroatoms. The summed E-state index contributed by atoms with van der Waals surface area (Å²) in [6.07, 6.45) is 6.37. The molecule has 0 radical (unpaired) electrons. The number of halogens is 2. The molecule has 0 aliphatic carbocycles. The zero-order chi connectivity index (χ0) is 18.4. The summed E-state index contributed by atoms with van der Waals surface area (Å²) in [7, 11) is 2.06. The van der Waals surface area contributed by atoms with Gasteiger partial charge in [-0.2, -0.15) is 0 Å². The van der Waals surface area contributed by atoms with Crippen molar-refractivity contribution in [3.63, 3.8) is 0 Å². The van der Waals surface area contributed by atoms with Crippen molar-refractivity contribution in [2.45, 2.75) is 27.4 Å². The van der Waals surface area contributed by atoms with Gasteiger partial charge in [0.05, 0.1) is 7.97 Å². The van der Waals surface area contributed by atoms with Gasteiger partial charge in [0.1, 0.15) is 0 Å². The third kappa shape index (κ3) is 6.20. The second kappa shape index (κ2) is 10.3. The minimum Gasteiger partial charge on any atom is -0.351 e. The molecule has 1 aromatic carbocycles. The summed E-state index contributed by atoms with van der Waals surface area (Å²) in [4.78, 5) is 12.6. The number of rotatable bonds is 3. The number of aryl methyl sites for hydroxylation is 1. The fraction of sp³-hybridized carbons (Fsp3) is 0.412. The summed E-state index contributed by atoms with van der Waals surface area (Å²) < 4.78 is 6.07. The van der Waals surface area contributed by atoms with Gasteiger partial charge in [-0.05, 0) is 12.8 Å². The van der Waals surface area contributed by atoms with E-state index in [0.717, 1.165) is 25.9 Å². The summed E-state index contributed by atoms with van der Waals surface area (Å²) in [6, 6.07) is 10.6. The molecule has 25 heavy (non-hydrogen) atoms. The van der Waals surface area contributed by atoms with Crippen molar-refractivity contribution in [1.29, 1.82) is 0 Å². The quantitative estimate of drug-likeness (QED) is 0.379. The van der Waals surface area contributed by atoms with Crippen LogP contribution in [0.25, 0.3) is 0 Å². The third-order valence-corrected chi connectivity index (χ3v) is 7.14. The number of nitrogens with two attached hydrogens (primary N) is 1. The van der Waals surface area contributed by atoms with Gasteiger partial charge in [-0.1, -0.05) is 45.2 Å². The number of hydrogen-bond donors (Lipinski definition) is 1. The number of nitrogens with zero attached hydrogens (tertiary/aromatic N) is 3. The Kier molecular flexibility index (Phi) is 8.67. The van der Waals surface area contributed by atoms with Crippen LogP contribution in [0.2, 0.25) is 0 Å². The molecule has 2 amide bonds. The number of alkyl halides is 2. The molecule has 1 saturated heterocycles. The summed E-state index contributed by atoms with van der Waals surface area (Å²) in [5.41, 5.74) is 6.54. The van der Waals surface area contributed by atoms with Crippen molar-refractivity contribution in [2.75, 3.05) is 6.54 Å². The zero-order valence-corrected chi connectivity index (χ0v) is 20.5. The van der Waals surface area contributed by atoms with Gasteiger partial charge < -0.3 is 10.6 Å². The van der Waals surface area contributed by atoms with Gasteiger partial charge in [0.15, 0.2) is 0 Å². The molecule has 140 valence electrons. The van der Waals surface area contributed by atoms with Crippen LogP contribution in [0.4, 0.5) is 4.79 Å². The minimum atomic E-state index is -0.272. The van der Waals surface area contributed by atoms with Crippen LogP contribution in [-0.2, 0) is 32.9 Å². The van der Waals surface area contributed by atoms with Crippen LogP contribution in [0.3, 0.4) is 0 Å². The maximum absolute atomic E-state index is 10.9. The normalized spacial score (nSPS) is 16.7. The van der Waals surface area contributed by atoms with Crippen LogP contribution in [0.5, 0.6) is 0 Å². The van der Waals surface area contributed by atoms with Gasteiger partial charge in [-0.25, -0.2) is 4.79 Å². The molecule has 1 atom stereocenters. The van der Waals surface area contributed by atoms with Crippen molar-refractivity contribution in [1.82, 2.24) is 14.0 Å². The SMILES string of the molecule is Cn1ccn(Cc2ccccc2)[c]1=[Pt].NC(=O)N1CCC[C@H]1C(I)I. The Morgan fingerprint density at radius 1 is 1.32 bits per heavy atom. The van der Waals surface area contributed by atoms with E-state index in [4.69, 9.17) is 5.73 Å². The molecule has 0 saturated carbocycles. The Labute approximate surface area is 186 Å². The van der Waals surface area contributed by atoms with E-state index in [1.54, 1.807) is 4.90 Å². The second-order valence-electron chi connectivity index (χ2n) is 5.84. The van der Waals surface area contributed by atoms with Crippen LogP contribution in [-0.4, -0.2) is 34.6 Å². The predicted molar refractivity (Wildman–Crippen MR) is 113 cm³/mol. The Morgan fingerprint density at radius 3 is 2.48 bits per heavy atom. The number of primary amides is 1. The molecule has 3 rings (SSSR count). The Hall–Kier alpha value is -0.152.